The maximum atomic E-state index is 12.5. The molecule has 0 saturated carbocycles. The lowest BCUT2D eigenvalue weighted by atomic mass is 10.2. The molecule has 1 N–H and O–H groups in total. The van der Waals surface area contributed by atoms with Gasteiger partial charge >= 0.3 is 0 Å². The molecule has 0 aliphatic rings. The maximum Gasteiger partial charge on any atom is 0.254 e. The molecule has 1 amide bonds. The van der Waals surface area contributed by atoms with Gasteiger partial charge in [-0.15, -0.1) is 0 Å². The van der Waals surface area contributed by atoms with E-state index in [1.165, 1.54) is 35.4 Å². The summed E-state index contributed by atoms with van der Waals surface area (Å²) >= 11 is 0. The highest BCUT2D eigenvalue weighted by Gasteiger charge is 2.17. The Hall–Kier alpha value is -2.84. The second-order valence-electron chi connectivity index (χ2n) is 6.10. The highest BCUT2D eigenvalue weighted by atomic mass is 32.2. The number of hydrogen-bond acceptors (Lipinski definition) is 5. The monoisotopic (exact) mass is 388 g/mol. The first kappa shape index (κ1) is 18.9. The van der Waals surface area contributed by atoms with Crippen molar-refractivity contribution in [2.45, 2.75) is 24.9 Å². The molecular formula is C19H20N2O5S. The summed E-state index contributed by atoms with van der Waals surface area (Å²) in [6.07, 6.45) is 1.48. The van der Waals surface area contributed by atoms with Gasteiger partial charge in [0, 0.05) is 12.6 Å². The molecule has 8 heteroatoms. The van der Waals surface area contributed by atoms with Crippen LogP contribution in [0.3, 0.4) is 0 Å². The standard InChI is InChI=1S/C19H20N2O5S/c1-14-5-8-17(26-14)13-21(2)19(22)15-6-9-18(10-7-15)27(23,24)20-12-16-4-3-11-25-16/h3-11,20H,12-13H2,1-2H3. The Labute approximate surface area is 157 Å². The van der Waals surface area contributed by atoms with Crippen molar-refractivity contribution in [1.82, 2.24) is 9.62 Å². The molecule has 27 heavy (non-hydrogen) atoms. The second kappa shape index (κ2) is 7.81. The van der Waals surface area contributed by atoms with Crippen molar-refractivity contribution in [2.75, 3.05) is 7.05 Å². The van der Waals surface area contributed by atoms with E-state index in [1.807, 2.05) is 19.1 Å². The number of sulfonamides is 1. The van der Waals surface area contributed by atoms with Crippen LogP contribution >= 0.6 is 0 Å². The molecule has 0 atom stereocenters. The van der Waals surface area contributed by atoms with E-state index in [2.05, 4.69) is 4.72 Å². The maximum absolute atomic E-state index is 12.5. The number of benzene rings is 1. The van der Waals surface area contributed by atoms with Gasteiger partial charge in [0.25, 0.3) is 5.91 Å². The molecule has 0 radical (unpaired) electrons. The molecule has 0 aliphatic heterocycles. The van der Waals surface area contributed by atoms with Crippen LogP contribution in [-0.2, 0) is 23.1 Å². The second-order valence-corrected chi connectivity index (χ2v) is 7.87. The van der Waals surface area contributed by atoms with Crippen molar-refractivity contribution in [3.63, 3.8) is 0 Å². The fraction of sp³-hybridized carbons (Fsp3) is 0.211. The van der Waals surface area contributed by atoms with E-state index in [0.717, 1.165) is 5.76 Å². The van der Waals surface area contributed by atoms with Gasteiger partial charge in [0.15, 0.2) is 0 Å². The number of nitrogens with zero attached hydrogens (tertiary/aromatic N) is 1. The number of carbonyl (C=O) groups excluding carboxylic acids is 1. The van der Waals surface area contributed by atoms with E-state index >= 15 is 0 Å². The SMILES string of the molecule is Cc1ccc(CN(C)C(=O)c2ccc(S(=O)(=O)NCc3ccco3)cc2)o1. The summed E-state index contributed by atoms with van der Waals surface area (Å²) in [7, 11) is -2.03. The highest BCUT2D eigenvalue weighted by Crippen LogP contribution is 2.15. The molecule has 0 saturated heterocycles. The fourth-order valence-corrected chi connectivity index (χ4v) is 3.53. The molecule has 2 aromatic heterocycles. The lowest BCUT2D eigenvalue weighted by molar-refractivity contribution is 0.0775. The molecule has 2 heterocycles. The zero-order chi connectivity index (χ0) is 19.4. The minimum absolute atomic E-state index is 0.0569. The van der Waals surface area contributed by atoms with Gasteiger partial charge in [-0.1, -0.05) is 0 Å². The van der Waals surface area contributed by atoms with Crippen LogP contribution in [0, 0.1) is 6.92 Å². The molecule has 0 spiro atoms. The summed E-state index contributed by atoms with van der Waals surface area (Å²) in [5, 5.41) is 0. The number of nitrogens with one attached hydrogen (secondary N) is 1. The number of rotatable bonds is 7. The van der Waals surface area contributed by atoms with Crippen LogP contribution in [0.5, 0.6) is 0 Å². The Morgan fingerprint density at radius 1 is 1.07 bits per heavy atom. The normalized spacial score (nSPS) is 11.5. The fourth-order valence-electron chi connectivity index (χ4n) is 2.54. The molecule has 0 unspecified atom stereocenters. The number of hydrogen-bond donors (Lipinski definition) is 1. The first-order valence-electron chi connectivity index (χ1n) is 8.28. The highest BCUT2D eigenvalue weighted by molar-refractivity contribution is 7.89. The lowest BCUT2D eigenvalue weighted by Gasteiger charge is -2.16. The predicted molar refractivity (Wildman–Crippen MR) is 98.4 cm³/mol. The van der Waals surface area contributed by atoms with Crippen LogP contribution in [0.2, 0.25) is 0 Å². The summed E-state index contributed by atoms with van der Waals surface area (Å²) in [6.45, 7) is 2.23. The zero-order valence-corrected chi connectivity index (χ0v) is 15.8. The Morgan fingerprint density at radius 3 is 2.41 bits per heavy atom. The largest absolute Gasteiger partial charge is 0.468 e. The summed E-state index contributed by atoms with van der Waals surface area (Å²) in [5.41, 5.74) is 0.394. The average molecular weight is 388 g/mol. The number of furan rings is 2. The van der Waals surface area contributed by atoms with Crippen molar-refractivity contribution < 1.29 is 22.0 Å². The lowest BCUT2D eigenvalue weighted by Crippen LogP contribution is -2.26. The van der Waals surface area contributed by atoms with Gasteiger partial charge in [0.2, 0.25) is 10.0 Å². The summed E-state index contributed by atoms with van der Waals surface area (Å²) < 4.78 is 37.7. The molecule has 0 fully saturated rings. The molecule has 1 aromatic carbocycles. The van der Waals surface area contributed by atoms with Crippen LogP contribution in [0.25, 0.3) is 0 Å². The van der Waals surface area contributed by atoms with Gasteiger partial charge in [0.05, 0.1) is 24.2 Å². The number of amides is 1. The van der Waals surface area contributed by atoms with E-state index in [9.17, 15) is 13.2 Å². The summed E-state index contributed by atoms with van der Waals surface area (Å²) in [5.74, 6) is 1.75. The Kier molecular flexibility index (Phi) is 5.48. The third kappa shape index (κ3) is 4.66. The number of aryl methyl sites for hydroxylation is 1. The number of carbonyl (C=O) groups is 1. The third-order valence-electron chi connectivity index (χ3n) is 3.96. The van der Waals surface area contributed by atoms with Crippen LogP contribution in [0.15, 0.2) is 68.5 Å². The topological polar surface area (TPSA) is 92.8 Å². The van der Waals surface area contributed by atoms with Crippen molar-refractivity contribution in [1.29, 1.82) is 0 Å². The molecular weight excluding hydrogens is 368 g/mol. The Morgan fingerprint density at radius 2 is 1.81 bits per heavy atom. The Balaban J connectivity index is 1.65. The van der Waals surface area contributed by atoms with E-state index in [0.29, 0.717) is 23.6 Å². The zero-order valence-electron chi connectivity index (χ0n) is 15.0. The quantitative estimate of drug-likeness (QED) is 0.672. The van der Waals surface area contributed by atoms with Crippen molar-refractivity contribution >= 4 is 15.9 Å². The van der Waals surface area contributed by atoms with Crippen LogP contribution in [-0.4, -0.2) is 26.3 Å². The van der Waals surface area contributed by atoms with Gasteiger partial charge < -0.3 is 13.7 Å². The first-order valence-corrected chi connectivity index (χ1v) is 9.76. The van der Waals surface area contributed by atoms with Crippen LogP contribution in [0.4, 0.5) is 0 Å². The molecule has 0 aliphatic carbocycles. The van der Waals surface area contributed by atoms with E-state index in [4.69, 9.17) is 8.83 Å². The van der Waals surface area contributed by atoms with Gasteiger partial charge in [-0.25, -0.2) is 13.1 Å². The van der Waals surface area contributed by atoms with Gasteiger partial charge in [-0.3, -0.25) is 4.79 Å². The van der Waals surface area contributed by atoms with E-state index in [-0.39, 0.29) is 17.3 Å². The molecule has 142 valence electrons. The van der Waals surface area contributed by atoms with Crippen LogP contribution in [0.1, 0.15) is 27.6 Å². The average Bonchev–Trinajstić information content (AvgIpc) is 3.31. The van der Waals surface area contributed by atoms with E-state index in [1.54, 1.807) is 19.2 Å². The Bertz CT molecular complexity index is 1000. The van der Waals surface area contributed by atoms with Crippen LogP contribution < -0.4 is 4.72 Å². The third-order valence-corrected chi connectivity index (χ3v) is 5.38. The van der Waals surface area contributed by atoms with Crippen molar-refractivity contribution in [3.05, 3.63) is 77.6 Å². The van der Waals surface area contributed by atoms with Crippen molar-refractivity contribution in [3.8, 4) is 0 Å². The molecule has 7 nitrogen and oxygen atoms in total. The smallest absolute Gasteiger partial charge is 0.254 e. The molecule has 3 rings (SSSR count). The molecule has 0 bridgehead atoms. The summed E-state index contributed by atoms with van der Waals surface area (Å²) in [6, 6.07) is 12.8. The van der Waals surface area contributed by atoms with E-state index < -0.39 is 10.0 Å². The molecule has 3 aromatic rings. The minimum Gasteiger partial charge on any atom is -0.468 e. The first-order chi connectivity index (χ1) is 12.8. The van der Waals surface area contributed by atoms with Crippen molar-refractivity contribution in [2.24, 2.45) is 0 Å². The predicted octanol–water partition coefficient (Wildman–Crippen LogP) is 2.93. The summed E-state index contributed by atoms with van der Waals surface area (Å²) in [4.78, 5) is 14.1. The minimum atomic E-state index is -3.69. The van der Waals surface area contributed by atoms with Gasteiger partial charge in [-0.2, -0.15) is 0 Å². The van der Waals surface area contributed by atoms with Gasteiger partial charge in [0.1, 0.15) is 17.3 Å². The van der Waals surface area contributed by atoms with Gasteiger partial charge in [-0.05, 0) is 55.5 Å².